The number of nitrogen functional groups attached to an aromatic ring is 1. The van der Waals surface area contributed by atoms with E-state index in [0.717, 1.165) is 0 Å². The van der Waals surface area contributed by atoms with Crippen molar-refractivity contribution in [2.24, 2.45) is 10.9 Å². The number of nitrogens with two attached hydrogens (primary N) is 2. The van der Waals surface area contributed by atoms with Crippen LogP contribution in [0.4, 0.5) is 16.2 Å². The molecule has 172 valence electrons. The molecule has 0 radical (unpaired) electrons. The maximum absolute atomic E-state index is 12.9. The Morgan fingerprint density at radius 1 is 0.970 bits per heavy atom. The number of hydrogen-bond acceptors (Lipinski definition) is 5. The SMILES string of the molecule is CC(C)N(Nc1cccc(C(=N)N)c1)C(=O)Nc1ccc(-c2ccccc2S(N)(=O)=O)cc1. The lowest BCUT2D eigenvalue weighted by Crippen LogP contribution is -2.44. The molecule has 10 heteroatoms. The summed E-state index contributed by atoms with van der Waals surface area (Å²) >= 11 is 0. The summed E-state index contributed by atoms with van der Waals surface area (Å²) in [6.45, 7) is 3.71. The van der Waals surface area contributed by atoms with Crippen molar-refractivity contribution < 1.29 is 13.2 Å². The van der Waals surface area contributed by atoms with Crippen molar-refractivity contribution in [3.63, 3.8) is 0 Å². The zero-order chi connectivity index (χ0) is 24.2. The largest absolute Gasteiger partial charge is 0.384 e. The van der Waals surface area contributed by atoms with E-state index in [2.05, 4.69) is 10.7 Å². The number of sulfonamides is 1. The summed E-state index contributed by atoms with van der Waals surface area (Å²) in [6.07, 6.45) is 0. The van der Waals surface area contributed by atoms with Crippen LogP contribution in [0.25, 0.3) is 11.1 Å². The fourth-order valence-electron chi connectivity index (χ4n) is 3.18. The van der Waals surface area contributed by atoms with Gasteiger partial charge in [-0.2, -0.15) is 0 Å². The first kappa shape index (κ1) is 23.8. The maximum atomic E-state index is 12.9. The number of hydrazine groups is 1. The molecule has 7 N–H and O–H groups in total. The molecule has 0 saturated carbocycles. The van der Waals surface area contributed by atoms with Crippen molar-refractivity contribution in [3.05, 3.63) is 78.4 Å². The molecule has 0 aromatic heterocycles. The van der Waals surface area contributed by atoms with Gasteiger partial charge in [0.1, 0.15) is 5.84 Å². The zero-order valence-electron chi connectivity index (χ0n) is 18.2. The number of hydrogen-bond donors (Lipinski definition) is 5. The minimum Gasteiger partial charge on any atom is -0.384 e. The number of amidine groups is 1. The van der Waals surface area contributed by atoms with E-state index in [9.17, 15) is 13.2 Å². The van der Waals surface area contributed by atoms with Gasteiger partial charge >= 0.3 is 6.03 Å². The molecule has 0 saturated heterocycles. The minimum atomic E-state index is -3.88. The number of carbonyl (C=O) groups is 1. The fourth-order valence-corrected chi connectivity index (χ4v) is 3.94. The van der Waals surface area contributed by atoms with Gasteiger partial charge in [-0.3, -0.25) is 10.8 Å². The van der Waals surface area contributed by atoms with E-state index < -0.39 is 16.1 Å². The lowest BCUT2D eigenvalue weighted by molar-refractivity contribution is 0.210. The van der Waals surface area contributed by atoms with Gasteiger partial charge in [0.2, 0.25) is 10.0 Å². The van der Waals surface area contributed by atoms with Crippen molar-refractivity contribution in [2.75, 3.05) is 10.7 Å². The van der Waals surface area contributed by atoms with Crippen LogP contribution in [0.5, 0.6) is 0 Å². The molecule has 0 unspecified atom stereocenters. The topological polar surface area (TPSA) is 154 Å². The predicted octanol–water partition coefficient (Wildman–Crippen LogP) is 3.55. The van der Waals surface area contributed by atoms with Crippen molar-refractivity contribution in [1.29, 1.82) is 5.41 Å². The van der Waals surface area contributed by atoms with E-state index in [1.807, 2.05) is 13.8 Å². The number of benzene rings is 3. The van der Waals surface area contributed by atoms with Crippen LogP contribution in [0.2, 0.25) is 0 Å². The Kier molecular flexibility index (Phi) is 7.00. The van der Waals surface area contributed by atoms with Crippen LogP contribution in [0.1, 0.15) is 19.4 Å². The van der Waals surface area contributed by atoms with Crippen LogP contribution in [-0.2, 0) is 10.0 Å². The van der Waals surface area contributed by atoms with E-state index in [4.69, 9.17) is 16.3 Å². The van der Waals surface area contributed by atoms with Crippen LogP contribution < -0.4 is 21.6 Å². The third-order valence-corrected chi connectivity index (χ3v) is 5.77. The highest BCUT2D eigenvalue weighted by atomic mass is 32.2. The second-order valence-corrected chi connectivity index (χ2v) is 9.15. The quantitative estimate of drug-likeness (QED) is 0.205. The van der Waals surface area contributed by atoms with Gasteiger partial charge in [-0.15, -0.1) is 0 Å². The lowest BCUT2D eigenvalue weighted by atomic mass is 10.1. The van der Waals surface area contributed by atoms with Crippen molar-refractivity contribution in [2.45, 2.75) is 24.8 Å². The average molecular weight is 467 g/mol. The molecule has 0 aliphatic heterocycles. The predicted molar refractivity (Wildman–Crippen MR) is 130 cm³/mol. The molecule has 0 bridgehead atoms. The van der Waals surface area contributed by atoms with E-state index in [0.29, 0.717) is 28.1 Å². The number of anilines is 2. The highest BCUT2D eigenvalue weighted by molar-refractivity contribution is 7.89. The highest BCUT2D eigenvalue weighted by Gasteiger charge is 2.18. The van der Waals surface area contributed by atoms with E-state index in [-0.39, 0.29) is 16.8 Å². The molecule has 0 spiro atoms. The Morgan fingerprint density at radius 3 is 2.24 bits per heavy atom. The van der Waals surface area contributed by atoms with Crippen LogP contribution in [0.15, 0.2) is 77.7 Å². The summed E-state index contributed by atoms with van der Waals surface area (Å²) < 4.78 is 23.8. The molecule has 0 fully saturated rings. The van der Waals surface area contributed by atoms with Crippen LogP contribution in [-0.4, -0.2) is 31.3 Å². The molecule has 0 aliphatic rings. The third kappa shape index (κ3) is 5.88. The summed E-state index contributed by atoms with van der Waals surface area (Å²) in [4.78, 5) is 12.9. The van der Waals surface area contributed by atoms with Crippen LogP contribution >= 0.6 is 0 Å². The minimum absolute atomic E-state index is 0.0322. The normalized spacial score (nSPS) is 11.2. The lowest BCUT2D eigenvalue weighted by Gasteiger charge is -2.28. The van der Waals surface area contributed by atoms with Crippen molar-refractivity contribution in [1.82, 2.24) is 5.01 Å². The molecule has 0 atom stereocenters. The van der Waals surface area contributed by atoms with Gasteiger partial charge < -0.3 is 11.1 Å². The number of carbonyl (C=O) groups excluding carboxylic acids is 1. The highest BCUT2D eigenvalue weighted by Crippen LogP contribution is 2.27. The van der Waals surface area contributed by atoms with Gasteiger partial charge in [-0.25, -0.2) is 23.4 Å². The Morgan fingerprint density at radius 2 is 1.64 bits per heavy atom. The third-order valence-electron chi connectivity index (χ3n) is 4.80. The summed E-state index contributed by atoms with van der Waals surface area (Å²) in [5, 5.41) is 17.1. The molecule has 9 nitrogen and oxygen atoms in total. The Hall–Kier alpha value is -3.89. The van der Waals surface area contributed by atoms with Crippen molar-refractivity contribution >= 4 is 33.3 Å². The van der Waals surface area contributed by atoms with Gasteiger partial charge in [-0.05, 0) is 49.7 Å². The number of rotatable bonds is 7. The van der Waals surface area contributed by atoms with Gasteiger partial charge in [-0.1, -0.05) is 42.5 Å². The number of urea groups is 1. The first-order valence-corrected chi connectivity index (χ1v) is 11.6. The smallest absolute Gasteiger partial charge is 0.340 e. The van der Waals surface area contributed by atoms with E-state index >= 15 is 0 Å². The first-order valence-electron chi connectivity index (χ1n) is 10.1. The molecule has 33 heavy (non-hydrogen) atoms. The molecule has 3 aromatic rings. The number of nitrogens with zero attached hydrogens (tertiary/aromatic N) is 1. The van der Waals surface area contributed by atoms with Gasteiger partial charge in [0.05, 0.1) is 10.6 Å². The molecule has 0 heterocycles. The number of amides is 2. The summed E-state index contributed by atoms with van der Waals surface area (Å²) in [7, 11) is -3.88. The Labute approximate surface area is 192 Å². The van der Waals surface area contributed by atoms with Gasteiger partial charge in [0.15, 0.2) is 0 Å². The number of primary sulfonamides is 1. The van der Waals surface area contributed by atoms with E-state index in [1.165, 1.54) is 11.1 Å². The first-order chi connectivity index (χ1) is 15.6. The summed E-state index contributed by atoms with van der Waals surface area (Å²) in [5.41, 5.74) is 11.4. The zero-order valence-corrected chi connectivity index (χ0v) is 19.1. The Balaban J connectivity index is 1.78. The summed E-state index contributed by atoms with van der Waals surface area (Å²) in [6, 6.07) is 19.6. The molecular formula is C23H26N6O3S. The van der Waals surface area contributed by atoms with E-state index in [1.54, 1.807) is 66.7 Å². The molecular weight excluding hydrogens is 440 g/mol. The van der Waals surface area contributed by atoms with Gasteiger partial charge in [0.25, 0.3) is 0 Å². The van der Waals surface area contributed by atoms with Crippen molar-refractivity contribution in [3.8, 4) is 11.1 Å². The maximum Gasteiger partial charge on any atom is 0.340 e. The van der Waals surface area contributed by atoms with Gasteiger partial charge in [0, 0.05) is 22.9 Å². The molecule has 0 aliphatic carbocycles. The standard InChI is InChI=1S/C23H26N6O3S/c1-15(2)29(28-19-7-5-6-17(14-19)22(24)25)23(30)27-18-12-10-16(11-13-18)20-8-3-4-9-21(20)33(26,31)32/h3-15,28H,1-2H3,(H3,24,25)(H,27,30)(H2,26,31,32). The Bertz CT molecular complexity index is 1270. The molecule has 2 amide bonds. The fraction of sp³-hybridized carbons (Fsp3) is 0.130. The summed E-state index contributed by atoms with van der Waals surface area (Å²) in [5.74, 6) is -0.0664. The second-order valence-electron chi connectivity index (χ2n) is 7.62. The monoisotopic (exact) mass is 466 g/mol. The van der Waals surface area contributed by atoms with Crippen LogP contribution in [0.3, 0.4) is 0 Å². The second kappa shape index (κ2) is 9.72. The average Bonchev–Trinajstić information content (AvgIpc) is 2.77. The number of nitrogens with one attached hydrogen (secondary N) is 3. The van der Waals surface area contributed by atoms with Crippen LogP contribution in [0, 0.1) is 5.41 Å². The molecule has 3 rings (SSSR count). The molecule has 3 aromatic carbocycles.